The van der Waals surface area contributed by atoms with Crippen molar-refractivity contribution in [3.63, 3.8) is 0 Å². The summed E-state index contributed by atoms with van der Waals surface area (Å²) in [6.07, 6.45) is 0.0758. The highest BCUT2D eigenvalue weighted by Gasteiger charge is 2.44. The molecule has 0 radical (unpaired) electrons. The van der Waals surface area contributed by atoms with Gasteiger partial charge in [0.2, 0.25) is 0 Å². The summed E-state index contributed by atoms with van der Waals surface area (Å²) in [6, 6.07) is -0.663. The van der Waals surface area contributed by atoms with E-state index in [2.05, 4.69) is 0 Å². The third-order valence-electron chi connectivity index (χ3n) is 2.89. The van der Waals surface area contributed by atoms with Gasteiger partial charge in [-0.05, 0) is 54.4 Å². The Hall–Kier alpha value is -1.30. The molecule has 122 valence electrons. The molecule has 1 aliphatic heterocycles. The number of rotatable bonds is 2. The quantitative estimate of drug-likeness (QED) is 0.734. The minimum atomic E-state index is -0.663. The molecule has 6 heteroatoms. The van der Waals surface area contributed by atoms with Crippen LogP contribution in [0.4, 0.5) is 4.79 Å². The molecule has 0 aromatic rings. The molecule has 21 heavy (non-hydrogen) atoms. The van der Waals surface area contributed by atoms with Gasteiger partial charge in [-0.25, -0.2) is 9.59 Å². The van der Waals surface area contributed by atoms with Crippen LogP contribution in [0.15, 0.2) is 0 Å². The van der Waals surface area contributed by atoms with E-state index in [9.17, 15) is 9.59 Å². The van der Waals surface area contributed by atoms with Crippen LogP contribution >= 0.6 is 0 Å². The molecule has 1 aliphatic rings. The summed E-state index contributed by atoms with van der Waals surface area (Å²) >= 11 is 0. The van der Waals surface area contributed by atoms with E-state index in [0.717, 1.165) is 0 Å². The second-order valence-electron chi connectivity index (χ2n) is 7.20. The second-order valence-corrected chi connectivity index (χ2v) is 7.20. The Morgan fingerprint density at radius 1 is 0.952 bits per heavy atom. The lowest BCUT2D eigenvalue weighted by atomic mass is 10.1. The van der Waals surface area contributed by atoms with Crippen LogP contribution < -0.4 is 0 Å². The predicted octanol–water partition coefficient (Wildman–Crippen LogP) is 2.70. The zero-order chi connectivity index (χ0) is 16.4. The van der Waals surface area contributed by atoms with Crippen molar-refractivity contribution >= 4 is 12.1 Å². The second kappa shape index (κ2) is 6.22. The molecule has 0 N–H and O–H groups in total. The van der Waals surface area contributed by atoms with Crippen LogP contribution in [0.5, 0.6) is 0 Å². The fourth-order valence-corrected chi connectivity index (χ4v) is 2.17. The van der Waals surface area contributed by atoms with Crippen molar-refractivity contribution in [3.8, 4) is 0 Å². The molecule has 0 aromatic heterocycles. The first-order valence-corrected chi connectivity index (χ1v) is 7.21. The van der Waals surface area contributed by atoms with Crippen molar-refractivity contribution in [3.05, 3.63) is 0 Å². The van der Waals surface area contributed by atoms with Crippen LogP contribution in [0.2, 0.25) is 0 Å². The van der Waals surface area contributed by atoms with Gasteiger partial charge in [0.05, 0.1) is 0 Å². The van der Waals surface area contributed by atoms with E-state index < -0.39 is 35.5 Å². The maximum Gasteiger partial charge on any atom is 0.413 e. The number of carbonyl (C=O) groups excluding carboxylic acids is 2. The third kappa shape index (κ3) is 5.19. The van der Waals surface area contributed by atoms with Crippen molar-refractivity contribution in [2.75, 3.05) is 7.11 Å². The largest absolute Gasteiger partial charge is 0.458 e. The topological polar surface area (TPSA) is 65.1 Å². The van der Waals surface area contributed by atoms with Crippen LogP contribution in [0.25, 0.3) is 0 Å². The first kappa shape index (κ1) is 17.8. The first-order valence-electron chi connectivity index (χ1n) is 7.21. The molecule has 0 aromatic carbocycles. The fourth-order valence-electron chi connectivity index (χ4n) is 2.17. The minimum absolute atomic E-state index is 0.423. The predicted molar refractivity (Wildman–Crippen MR) is 77.7 cm³/mol. The highest BCUT2D eigenvalue weighted by molar-refractivity contribution is 5.82. The maximum atomic E-state index is 12.3. The first-order chi connectivity index (χ1) is 9.44. The number of carbonyl (C=O) groups is 2. The van der Waals surface area contributed by atoms with Gasteiger partial charge in [-0.2, -0.15) is 0 Å². The normalized spacial score (nSPS) is 23.1. The molecule has 0 aliphatic carbocycles. The molecule has 2 atom stereocenters. The number of hydrogen-bond acceptors (Lipinski definition) is 5. The van der Waals surface area contributed by atoms with Gasteiger partial charge in [0.25, 0.3) is 0 Å². The Balaban J connectivity index is 2.88. The lowest BCUT2D eigenvalue weighted by Gasteiger charge is -2.32. The zero-order valence-electron chi connectivity index (χ0n) is 14.1. The lowest BCUT2D eigenvalue weighted by molar-refractivity contribution is -0.162. The van der Waals surface area contributed by atoms with Crippen LogP contribution in [-0.4, -0.2) is 47.5 Å². The summed E-state index contributed by atoms with van der Waals surface area (Å²) in [4.78, 5) is 25.9. The van der Waals surface area contributed by atoms with Crippen molar-refractivity contribution < 1.29 is 23.8 Å². The highest BCUT2D eigenvalue weighted by atomic mass is 16.6. The number of methoxy groups -OCH3 is 1. The zero-order valence-corrected chi connectivity index (χ0v) is 14.1. The molecule has 0 spiro atoms. The maximum absolute atomic E-state index is 12.3. The number of esters is 1. The Kier molecular flexibility index (Phi) is 5.25. The van der Waals surface area contributed by atoms with E-state index in [1.165, 1.54) is 12.0 Å². The fraction of sp³-hybridized carbons (Fsp3) is 0.867. The summed E-state index contributed by atoms with van der Waals surface area (Å²) in [5, 5.41) is 0. The van der Waals surface area contributed by atoms with E-state index in [4.69, 9.17) is 14.2 Å². The summed E-state index contributed by atoms with van der Waals surface area (Å²) in [5.74, 6) is -0.423. The van der Waals surface area contributed by atoms with E-state index in [1.807, 2.05) is 0 Å². The van der Waals surface area contributed by atoms with E-state index >= 15 is 0 Å². The van der Waals surface area contributed by atoms with Crippen molar-refractivity contribution in [2.24, 2.45) is 0 Å². The Morgan fingerprint density at radius 2 is 1.48 bits per heavy atom. The van der Waals surface area contributed by atoms with Gasteiger partial charge in [-0.15, -0.1) is 0 Å². The van der Waals surface area contributed by atoms with Gasteiger partial charge in [-0.1, -0.05) is 0 Å². The van der Waals surface area contributed by atoms with Crippen molar-refractivity contribution in [2.45, 2.75) is 77.9 Å². The summed E-state index contributed by atoms with van der Waals surface area (Å²) < 4.78 is 16.0. The summed E-state index contributed by atoms with van der Waals surface area (Å²) in [7, 11) is 1.51. The van der Waals surface area contributed by atoms with Crippen molar-refractivity contribution in [1.82, 2.24) is 4.90 Å². The lowest BCUT2D eigenvalue weighted by Crippen LogP contribution is -2.49. The smallest absolute Gasteiger partial charge is 0.413 e. The standard InChI is InChI=1S/C15H27NO5/c1-14(2,3)20-12(17)10-8-9-11(19-7)16(10)13(18)21-15(4,5)6/h10-11H,8-9H2,1-7H3/t10-,11-/m0/s1. The number of ether oxygens (including phenoxy) is 3. The van der Waals surface area contributed by atoms with Gasteiger partial charge in [0.15, 0.2) is 0 Å². The number of likely N-dealkylation sites (tertiary alicyclic amines) is 1. The van der Waals surface area contributed by atoms with E-state index in [-0.39, 0.29) is 0 Å². The molecule has 1 heterocycles. The molecular formula is C15H27NO5. The number of nitrogens with zero attached hydrogens (tertiary/aromatic N) is 1. The highest BCUT2D eigenvalue weighted by Crippen LogP contribution is 2.28. The minimum Gasteiger partial charge on any atom is -0.458 e. The van der Waals surface area contributed by atoms with Crippen LogP contribution in [0.1, 0.15) is 54.4 Å². The van der Waals surface area contributed by atoms with E-state index in [1.54, 1.807) is 41.5 Å². The Morgan fingerprint density at radius 3 is 1.90 bits per heavy atom. The Bertz CT molecular complexity index is 394. The molecule has 0 bridgehead atoms. The number of hydrogen-bond donors (Lipinski definition) is 0. The molecular weight excluding hydrogens is 274 g/mol. The van der Waals surface area contributed by atoms with Crippen LogP contribution in [0.3, 0.4) is 0 Å². The SMILES string of the molecule is CO[C@H]1CC[C@@H](C(=O)OC(C)(C)C)N1C(=O)OC(C)(C)C. The molecule has 1 amide bonds. The molecule has 0 saturated carbocycles. The van der Waals surface area contributed by atoms with E-state index in [0.29, 0.717) is 12.8 Å². The summed E-state index contributed by atoms with van der Waals surface area (Å²) in [6.45, 7) is 10.7. The average molecular weight is 301 g/mol. The van der Waals surface area contributed by atoms with Gasteiger partial charge in [0, 0.05) is 7.11 Å². The van der Waals surface area contributed by atoms with Gasteiger partial charge in [0.1, 0.15) is 23.5 Å². The Labute approximate surface area is 126 Å². The molecule has 6 nitrogen and oxygen atoms in total. The van der Waals surface area contributed by atoms with Crippen molar-refractivity contribution in [1.29, 1.82) is 0 Å². The van der Waals surface area contributed by atoms with Gasteiger partial charge >= 0.3 is 12.1 Å². The molecule has 1 fully saturated rings. The third-order valence-corrected chi connectivity index (χ3v) is 2.89. The average Bonchev–Trinajstić information content (AvgIpc) is 2.67. The van der Waals surface area contributed by atoms with Crippen LogP contribution in [-0.2, 0) is 19.0 Å². The van der Waals surface area contributed by atoms with Gasteiger partial charge in [-0.3, -0.25) is 4.90 Å². The molecule has 0 unspecified atom stereocenters. The van der Waals surface area contributed by atoms with Crippen LogP contribution in [0, 0.1) is 0 Å². The van der Waals surface area contributed by atoms with Gasteiger partial charge < -0.3 is 14.2 Å². The molecule has 1 saturated heterocycles. The summed E-state index contributed by atoms with van der Waals surface area (Å²) in [5.41, 5.74) is -1.22. The monoisotopic (exact) mass is 301 g/mol. The molecule has 1 rings (SSSR count). The number of amides is 1.